The molecule has 30 heavy (non-hydrogen) atoms. The highest BCUT2D eigenvalue weighted by molar-refractivity contribution is 5.88. The van der Waals surface area contributed by atoms with E-state index in [9.17, 15) is 14.4 Å². The van der Waals surface area contributed by atoms with Crippen LogP contribution in [0.1, 0.15) is 54.9 Å². The summed E-state index contributed by atoms with van der Waals surface area (Å²) >= 11 is 0. The molecule has 2 aliphatic heterocycles. The van der Waals surface area contributed by atoms with Crippen LogP contribution in [0.5, 0.6) is 0 Å². The van der Waals surface area contributed by atoms with E-state index in [0.717, 1.165) is 0 Å². The van der Waals surface area contributed by atoms with Gasteiger partial charge in [0.15, 0.2) is 11.9 Å². The number of ether oxygens (including phenoxy) is 3. The van der Waals surface area contributed by atoms with Gasteiger partial charge in [-0.2, -0.15) is 0 Å². The highest BCUT2D eigenvalue weighted by Crippen LogP contribution is 2.32. The molecule has 3 amide bonds. The number of carbonyl (C=O) groups excluding carboxylic acids is 3. The van der Waals surface area contributed by atoms with Crippen molar-refractivity contribution in [3.8, 4) is 0 Å². The zero-order valence-corrected chi connectivity index (χ0v) is 18.9. The predicted octanol–water partition coefficient (Wildman–Crippen LogP) is 1.62. The Labute approximate surface area is 178 Å². The van der Waals surface area contributed by atoms with E-state index in [1.807, 2.05) is 13.8 Å². The maximum atomic E-state index is 13.0. The fraction of sp³-hybridized carbons (Fsp3) is 0.762. The lowest BCUT2D eigenvalue weighted by molar-refractivity contribution is -0.157. The monoisotopic (exact) mass is 425 g/mol. The van der Waals surface area contributed by atoms with Crippen LogP contribution in [0.3, 0.4) is 0 Å². The minimum Gasteiger partial charge on any atom is -0.444 e. The summed E-state index contributed by atoms with van der Waals surface area (Å²) in [4.78, 5) is 37.9. The Morgan fingerprint density at radius 1 is 1.23 bits per heavy atom. The van der Waals surface area contributed by atoms with Crippen molar-refractivity contribution >= 4 is 17.9 Å². The molecule has 2 heterocycles. The Morgan fingerprint density at radius 2 is 1.90 bits per heavy atom. The van der Waals surface area contributed by atoms with Gasteiger partial charge in [-0.3, -0.25) is 9.59 Å². The third kappa shape index (κ3) is 6.70. The van der Waals surface area contributed by atoms with Crippen LogP contribution in [0, 0.1) is 5.92 Å². The minimum absolute atomic E-state index is 0.0548. The van der Waals surface area contributed by atoms with Crippen molar-refractivity contribution in [2.45, 2.75) is 90.6 Å². The van der Waals surface area contributed by atoms with Crippen LogP contribution >= 0.6 is 0 Å². The summed E-state index contributed by atoms with van der Waals surface area (Å²) in [7, 11) is 0. The van der Waals surface area contributed by atoms with E-state index >= 15 is 0 Å². The van der Waals surface area contributed by atoms with E-state index in [1.54, 1.807) is 46.8 Å². The van der Waals surface area contributed by atoms with E-state index in [2.05, 4.69) is 16.0 Å². The Kier molecular flexibility index (Phi) is 7.52. The number of hydrogen-bond acceptors (Lipinski definition) is 6. The molecule has 0 bridgehead atoms. The second kappa shape index (κ2) is 9.34. The van der Waals surface area contributed by atoms with Crippen LogP contribution in [0.15, 0.2) is 12.2 Å². The van der Waals surface area contributed by atoms with Crippen molar-refractivity contribution in [1.82, 2.24) is 16.0 Å². The highest BCUT2D eigenvalue weighted by atomic mass is 16.8. The van der Waals surface area contributed by atoms with Gasteiger partial charge in [-0.25, -0.2) is 4.79 Å². The number of nitrogens with one attached hydrogen (secondary N) is 3. The van der Waals surface area contributed by atoms with Crippen LogP contribution < -0.4 is 16.0 Å². The molecular formula is C21H35N3O6. The summed E-state index contributed by atoms with van der Waals surface area (Å²) in [6, 6.07) is -1.43. The van der Waals surface area contributed by atoms with Gasteiger partial charge < -0.3 is 30.2 Å². The number of amides is 3. The SMILES string of the molecule is CC(C)C1NC(=O)[C@@H](NC(=O)OC(C)(C)C)/C=C/CCNC(=O)[C@H]2OC(C)(C)O[C@H]12. The van der Waals surface area contributed by atoms with Crippen molar-refractivity contribution in [2.24, 2.45) is 5.92 Å². The fourth-order valence-electron chi connectivity index (χ4n) is 3.38. The molecule has 1 unspecified atom stereocenters. The third-order valence-corrected chi connectivity index (χ3v) is 4.66. The molecule has 0 aromatic rings. The lowest BCUT2D eigenvalue weighted by atomic mass is 9.93. The molecule has 2 rings (SSSR count). The minimum atomic E-state index is -0.961. The van der Waals surface area contributed by atoms with Crippen LogP contribution in [-0.2, 0) is 23.8 Å². The van der Waals surface area contributed by atoms with Gasteiger partial charge in [-0.05, 0) is 47.0 Å². The van der Waals surface area contributed by atoms with Gasteiger partial charge in [0.2, 0.25) is 5.91 Å². The van der Waals surface area contributed by atoms with Crippen molar-refractivity contribution in [3.05, 3.63) is 12.2 Å². The molecule has 2 aliphatic rings. The molecule has 4 atom stereocenters. The Hall–Kier alpha value is -2.13. The molecule has 0 aromatic heterocycles. The normalized spacial score (nSPS) is 30.9. The fourth-order valence-corrected chi connectivity index (χ4v) is 3.38. The summed E-state index contributed by atoms with van der Waals surface area (Å²) in [6.45, 7) is 12.9. The summed E-state index contributed by atoms with van der Waals surface area (Å²) in [5.74, 6) is -1.70. The highest BCUT2D eigenvalue weighted by Gasteiger charge is 2.50. The number of carbonyl (C=O) groups is 3. The van der Waals surface area contributed by atoms with Crippen LogP contribution in [0.2, 0.25) is 0 Å². The Bertz CT molecular complexity index is 683. The van der Waals surface area contributed by atoms with Gasteiger partial charge in [0.1, 0.15) is 17.7 Å². The van der Waals surface area contributed by atoms with Crippen LogP contribution in [-0.4, -0.2) is 60.1 Å². The van der Waals surface area contributed by atoms with Crippen molar-refractivity contribution in [2.75, 3.05) is 6.54 Å². The largest absolute Gasteiger partial charge is 0.444 e. The average Bonchev–Trinajstić information content (AvgIpc) is 2.90. The number of hydrogen-bond donors (Lipinski definition) is 3. The molecule has 0 saturated carbocycles. The Morgan fingerprint density at radius 3 is 2.50 bits per heavy atom. The van der Waals surface area contributed by atoms with Crippen molar-refractivity contribution in [1.29, 1.82) is 0 Å². The van der Waals surface area contributed by atoms with E-state index in [-0.39, 0.29) is 11.8 Å². The molecular weight excluding hydrogens is 390 g/mol. The van der Waals surface area contributed by atoms with Crippen molar-refractivity contribution in [3.63, 3.8) is 0 Å². The maximum absolute atomic E-state index is 13.0. The zero-order chi connectivity index (χ0) is 22.7. The smallest absolute Gasteiger partial charge is 0.408 e. The maximum Gasteiger partial charge on any atom is 0.408 e. The van der Waals surface area contributed by atoms with E-state index in [1.165, 1.54) is 0 Å². The number of fused-ring (bicyclic) bond motifs is 1. The molecule has 0 radical (unpaired) electrons. The van der Waals surface area contributed by atoms with Crippen molar-refractivity contribution < 1.29 is 28.6 Å². The van der Waals surface area contributed by atoms with Gasteiger partial charge >= 0.3 is 6.09 Å². The summed E-state index contributed by atoms with van der Waals surface area (Å²) in [6.07, 6.45) is 1.61. The second-order valence-electron chi connectivity index (χ2n) is 9.43. The van der Waals surface area contributed by atoms with Gasteiger partial charge in [0.05, 0.1) is 6.04 Å². The van der Waals surface area contributed by atoms with E-state index < -0.39 is 47.7 Å². The molecule has 170 valence electrons. The topological polar surface area (TPSA) is 115 Å². The standard InChI is InChI=1S/C21H35N3O6/c1-12(2)14-15-16(29-21(6,7)28-15)18(26)22-11-9-8-10-13(17(25)24-14)23-19(27)30-20(3,4)5/h8,10,12-16H,9,11H2,1-7H3,(H,22,26)(H,23,27)(H,24,25)/b10-8+/t13-,14?,15+,16-/m0/s1. The van der Waals surface area contributed by atoms with E-state index in [0.29, 0.717) is 13.0 Å². The number of alkyl carbamates (subject to hydrolysis) is 1. The van der Waals surface area contributed by atoms with Gasteiger partial charge in [0, 0.05) is 6.54 Å². The predicted molar refractivity (Wildman–Crippen MR) is 111 cm³/mol. The molecule has 9 heteroatoms. The summed E-state index contributed by atoms with van der Waals surface area (Å²) in [5.41, 5.74) is -0.686. The summed E-state index contributed by atoms with van der Waals surface area (Å²) < 4.78 is 17.1. The molecule has 0 aromatic carbocycles. The lowest BCUT2D eigenvalue weighted by Crippen LogP contribution is -2.58. The zero-order valence-electron chi connectivity index (χ0n) is 18.9. The molecule has 0 spiro atoms. The van der Waals surface area contributed by atoms with Crippen LogP contribution in [0.4, 0.5) is 4.79 Å². The average molecular weight is 426 g/mol. The quantitative estimate of drug-likeness (QED) is 0.579. The first-order valence-electron chi connectivity index (χ1n) is 10.4. The third-order valence-electron chi connectivity index (χ3n) is 4.66. The van der Waals surface area contributed by atoms with Gasteiger partial charge in [0.25, 0.3) is 5.91 Å². The first-order chi connectivity index (χ1) is 13.8. The molecule has 0 aliphatic carbocycles. The Balaban J connectivity index is 2.28. The lowest BCUT2D eigenvalue weighted by Gasteiger charge is -2.31. The summed E-state index contributed by atoms with van der Waals surface area (Å²) in [5, 5.41) is 8.39. The second-order valence-corrected chi connectivity index (χ2v) is 9.43. The number of rotatable bonds is 2. The van der Waals surface area contributed by atoms with E-state index in [4.69, 9.17) is 14.2 Å². The molecule has 9 nitrogen and oxygen atoms in total. The molecule has 3 N–H and O–H groups in total. The first kappa shape index (κ1) is 24.1. The molecule has 1 saturated heterocycles. The van der Waals surface area contributed by atoms with Gasteiger partial charge in [-0.15, -0.1) is 0 Å². The van der Waals surface area contributed by atoms with Crippen LogP contribution in [0.25, 0.3) is 0 Å². The first-order valence-corrected chi connectivity index (χ1v) is 10.4. The van der Waals surface area contributed by atoms with Gasteiger partial charge in [-0.1, -0.05) is 26.0 Å². The molecule has 1 fully saturated rings.